The number of fused-ring (bicyclic) bond motifs is 1. The lowest BCUT2D eigenvalue weighted by Crippen LogP contribution is -2.45. The number of piperidine rings is 1. The molecule has 1 atom stereocenters. The number of nitrogens with one attached hydrogen (secondary N) is 2. The van der Waals surface area contributed by atoms with Gasteiger partial charge in [-0.1, -0.05) is 30.3 Å². The third-order valence-corrected chi connectivity index (χ3v) is 7.60. The van der Waals surface area contributed by atoms with E-state index in [9.17, 15) is 18.0 Å². The second-order valence-corrected chi connectivity index (χ2v) is 9.76. The van der Waals surface area contributed by atoms with Crippen LogP contribution in [0.3, 0.4) is 0 Å². The zero-order chi connectivity index (χ0) is 22.0. The number of benzene rings is 2. The fourth-order valence-corrected chi connectivity index (χ4v) is 5.68. The van der Waals surface area contributed by atoms with Gasteiger partial charge in [0, 0.05) is 25.7 Å². The Bertz CT molecular complexity index is 1100. The topological polar surface area (TPSA) is 105 Å². The Kier molecular flexibility index (Phi) is 5.97. The normalized spacial score (nSPS) is 19.1. The molecule has 2 N–H and O–H groups in total. The molecule has 0 saturated carbocycles. The summed E-state index contributed by atoms with van der Waals surface area (Å²) in [6.45, 7) is 2.44. The van der Waals surface area contributed by atoms with Crippen molar-refractivity contribution in [1.82, 2.24) is 9.62 Å². The molecule has 2 aromatic rings. The van der Waals surface area contributed by atoms with Crippen LogP contribution in [0, 0.1) is 12.8 Å². The Morgan fingerprint density at radius 3 is 2.81 bits per heavy atom. The second-order valence-electron chi connectivity index (χ2n) is 7.86. The lowest BCUT2D eigenvalue weighted by Gasteiger charge is -2.32. The highest BCUT2D eigenvalue weighted by atomic mass is 32.2. The van der Waals surface area contributed by atoms with Gasteiger partial charge >= 0.3 is 0 Å². The highest BCUT2D eigenvalue weighted by Gasteiger charge is 2.35. The van der Waals surface area contributed by atoms with Crippen LogP contribution in [-0.4, -0.2) is 44.2 Å². The number of amides is 2. The number of anilines is 1. The largest absolute Gasteiger partial charge is 0.482 e. The van der Waals surface area contributed by atoms with Crippen LogP contribution >= 0.6 is 0 Å². The van der Waals surface area contributed by atoms with Gasteiger partial charge in [0.15, 0.2) is 6.61 Å². The molecule has 1 fully saturated rings. The van der Waals surface area contributed by atoms with Crippen molar-refractivity contribution >= 4 is 27.5 Å². The number of rotatable bonds is 5. The Hall–Kier alpha value is -2.91. The van der Waals surface area contributed by atoms with Gasteiger partial charge in [0.2, 0.25) is 15.9 Å². The Morgan fingerprint density at radius 2 is 2.03 bits per heavy atom. The number of carbonyl (C=O) groups excluding carboxylic acids is 2. The lowest BCUT2D eigenvalue weighted by molar-refractivity contribution is -0.126. The van der Waals surface area contributed by atoms with E-state index in [0.29, 0.717) is 42.9 Å². The van der Waals surface area contributed by atoms with E-state index in [1.54, 1.807) is 13.0 Å². The molecule has 2 amide bonds. The van der Waals surface area contributed by atoms with Gasteiger partial charge in [-0.2, -0.15) is 4.31 Å². The Morgan fingerprint density at radius 1 is 1.26 bits per heavy atom. The van der Waals surface area contributed by atoms with Gasteiger partial charge in [-0.05, 0) is 37.0 Å². The van der Waals surface area contributed by atoms with Crippen LogP contribution in [0.5, 0.6) is 5.75 Å². The zero-order valence-corrected chi connectivity index (χ0v) is 18.1. The molecule has 31 heavy (non-hydrogen) atoms. The number of aryl methyl sites for hydroxylation is 1. The van der Waals surface area contributed by atoms with E-state index in [1.807, 2.05) is 30.3 Å². The van der Waals surface area contributed by atoms with Gasteiger partial charge in [0.25, 0.3) is 5.91 Å². The van der Waals surface area contributed by atoms with Gasteiger partial charge in [0.05, 0.1) is 16.5 Å². The zero-order valence-electron chi connectivity index (χ0n) is 17.3. The summed E-state index contributed by atoms with van der Waals surface area (Å²) in [5, 5.41) is 5.60. The summed E-state index contributed by atoms with van der Waals surface area (Å²) in [6, 6.07) is 12.7. The van der Waals surface area contributed by atoms with E-state index in [-0.39, 0.29) is 29.9 Å². The Labute approximate surface area is 181 Å². The highest BCUT2D eigenvalue weighted by Crippen LogP contribution is 2.35. The van der Waals surface area contributed by atoms with Gasteiger partial charge in [-0.25, -0.2) is 8.42 Å². The fraction of sp³-hybridized carbons (Fsp3) is 0.364. The van der Waals surface area contributed by atoms with Crippen LogP contribution in [-0.2, 0) is 26.2 Å². The van der Waals surface area contributed by atoms with Crippen molar-refractivity contribution in [2.75, 3.05) is 25.0 Å². The number of nitrogens with zero attached hydrogens (tertiary/aromatic N) is 1. The number of hydrogen-bond donors (Lipinski definition) is 2. The van der Waals surface area contributed by atoms with Gasteiger partial charge in [-0.15, -0.1) is 0 Å². The number of ether oxygens (including phenoxy) is 1. The van der Waals surface area contributed by atoms with Crippen LogP contribution in [0.25, 0.3) is 0 Å². The van der Waals surface area contributed by atoms with Crippen LogP contribution in [0.15, 0.2) is 47.4 Å². The van der Waals surface area contributed by atoms with Crippen LogP contribution in [0.1, 0.15) is 24.0 Å². The van der Waals surface area contributed by atoms with Crippen molar-refractivity contribution in [1.29, 1.82) is 0 Å². The van der Waals surface area contributed by atoms with Gasteiger partial charge in [-0.3, -0.25) is 9.59 Å². The molecule has 2 aliphatic rings. The molecular weight excluding hydrogens is 418 g/mol. The molecule has 4 rings (SSSR count). The third-order valence-electron chi connectivity index (χ3n) is 5.59. The maximum atomic E-state index is 13.4. The Balaban J connectivity index is 1.48. The minimum Gasteiger partial charge on any atom is -0.482 e. The van der Waals surface area contributed by atoms with Crippen molar-refractivity contribution < 1.29 is 22.7 Å². The number of carbonyl (C=O) groups is 2. The molecule has 8 nitrogen and oxygen atoms in total. The first-order valence-electron chi connectivity index (χ1n) is 10.2. The number of sulfonamides is 1. The smallest absolute Gasteiger partial charge is 0.262 e. The van der Waals surface area contributed by atoms with Gasteiger partial charge in [0.1, 0.15) is 5.75 Å². The molecule has 2 aliphatic heterocycles. The predicted molar refractivity (Wildman–Crippen MR) is 115 cm³/mol. The summed E-state index contributed by atoms with van der Waals surface area (Å²) in [5.74, 6) is -0.487. The maximum absolute atomic E-state index is 13.4. The van der Waals surface area contributed by atoms with Crippen LogP contribution in [0.2, 0.25) is 0 Å². The third kappa shape index (κ3) is 4.57. The molecule has 0 aliphatic carbocycles. The second kappa shape index (κ2) is 8.68. The molecule has 1 saturated heterocycles. The fourth-order valence-electron chi connectivity index (χ4n) is 3.94. The molecular formula is C22H25N3O5S. The average Bonchev–Trinajstić information content (AvgIpc) is 2.77. The SMILES string of the molecule is Cc1cc2c(cc1S(=O)(=O)N1CCC[C@H](C(=O)NCc3ccccc3)C1)OCC(=O)N2. The van der Waals surface area contributed by atoms with E-state index in [1.165, 1.54) is 10.4 Å². The van der Waals surface area contributed by atoms with Crippen molar-refractivity contribution in [2.45, 2.75) is 31.2 Å². The highest BCUT2D eigenvalue weighted by molar-refractivity contribution is 7.89. The molecule has 0 bridgehead atoms. The lowest BCUT2D eigenvalue weighted by atomic mass is 9.99. The standard InChI is InChI=1S/C22H25N3O5S/c1-15-10-18-19(30-14-21(26)24-18)11-20(15)31(28,29)25-9-5-8-17(13-25)22(27)23-12-16-6-3-2-4-7-16/h2-4,6-7,10-11,17H,5,8-9,12-14H2,1H3,(H,23,27)(H,24,26)/t17-/m0/s1. The molecule has 0 spiro atoms. The van der Waals surface area contributed by atoms with E-state index in [4.69, 9.17) is 4.74 Å². The van der Waals surface area contributed by atoms with E-state index >= 15 is 0 Å². The summed E-state index contributed by atoms with van der Waals surface area (Å²) in [7, 11) is -3.81. The maximum Gasteiger partial charge on any atom is 0.262 e. The summed E-state index contributed by atoms with van der Waals surface area (Å²) in [5.41, 5.74) is 1.97. The van der Waals surface area contributed by atoms with Crippen molar-refractivity contribution in [3.8, 4) is 5.75 Å². The average molecular weight is 444 g/mol. The molecule has 0 unspecified atom stereocenters. The summed E-state index contributed by atoms with van der Waals surface area (Å²) in [4.78, 5) is 24.3. The van der Waals surface area contributed by atoms with Crippen molar-refractivity contribution in [2.24, 2.45) is 5.92 Å². The van der Waals surface area contributed by atoms with E-state index in [2.05, 4.69) is 10.6 Å². The summed E-state index contributed by atoms with van der Waals surface area (Å²) < 4.78 is 33.5. The van der Waals surface area contributed by atoms with Crippen LogP contribution < -0.4 is 15.4 Å². The van der Waals surface area contributed by atoms with Crippen molar-refractivity contribution in [3.63, 3.8) is 0 Å². The minimum absolute atomic E-state index is 0.132. The molecule has 164 valence electrons. The molecule has 0 radical (unpaired) electrons. The van der Waals surface area contributed by atoms with E-state index < -0.39 is 15.9 Å². The first-order valence-corrected chi connectivity index (χ1v) is 11.7. The van der Waals surface area contributed by atoms with Crippen molar-refractivity contribution in [3.05, 3.63) is 53.6 Å². The van der Waals surface area contributed by atoms with Crippen LogP contribution in [0.4, 0.5) is 5.69 Å². The van der Waals surface area contributed by atoms with E-state index in [0.717, 1.165) is 5.56 Å². The van der Waals surface area contributed by atoms with Gasteiger partial charge < -0.3 is 15.4 Å². The summed E-state index contributed by atoms with van der Waals surface area (Å²) in [6.07, 6.45) is 1.25. The monoisotopic (exact) mass is 443 g/mol. The number of hydrogen-bond acceptors (Lipinski definition) is 5. The predicted octanol–water partition coefficient (Wildman–Crippen LogP) is 2.04. The molecule has 0 aromatic heterocycles. The first-order chi connectivity index (χ1) is 14.8. The summed E-state index contributed by atoms with van der Waals surface area (Å²) >= 11 is 0. The molecule has 2 aromatic carbocycles. The molecule has 2 heterocycles. The first kappa shape index (κ1) is 21.3. The minimum atomic E-state index is -3.81. The quantitative estimate of drug-likeness (QED) is 0.736. The molecule has 9 heteroatoms.